The van der Waals surface area contributed by atoms with Crippen LogP contribution in [0.25, 0.3) is 0 Å². The number of carbonyl (C=O) groups is 1. The standard InChI is InChI=1S/C11H12N2O2/c1-8(10-5-3-7-15-10)13-11(14)9-4-2-6-12-9/h2-8,12H,1H3,(H,13,14). The predicted molar refractivity (Wildman–Crippen MR) is 55.4 cm³/mol. The Kier molecular flexibility index (Phi) is 2.58. The van der Waals surface area contributed by atoms with Gasteiger partial charge in [0.05, 0.1) is 12.3 Å². The molecule has 0 aliphatic rings. The quantitative estimate of drug-likeness (QED) is 0.804. The van der Waals surface area contributed by atoms with Crippen LogP contribution >= 0.6 is 0 Å². The molecule has 0 aliphatic carbocycles. The highest BCUT2D eigenvalue weighted by molar-refractivity contribution is 5.92. The molecule has 15 heavy (non-hydrogen) atoms. The maximum atomic E-state index is 11.6. The van der Waals surface area contributed by atoms with Gasteiger partial charge in [-0.1, -0.05) is 0 Å². The number of aromatic nitrogens is 1. The summed E-state index contributed by atoms with van der Waals surface area (Å²) in [5, 5.41) is 2.82. The number of hydrogen-bond donors (Lipinski definition) is 2. The highest BCUT2D eigenvalue weighted by Gasteiger charge is 2.13. The lowest BCUT2D eigenvalue weighted by molar-refractivity contribution is 0.0931. The topological polar surface area (TPSA) is 58.0 Å². The van der Waals surface area contributed by atoms with Gasteiger partial charge in [0.25, 0.3) is 5.91 Å². The number of amides is 1. The third kappa shape index (κ3) is 2.10. The van der Waals surface area contributed by atoms with Crippen LogP contribution in [0.3, 0.4) is 0 Å². The molecule has 1 atom stereocenters. The summed E-state index contributed by atoms with van der Waals surface area (Å²) in [4.78, 5) is 14.5. The normalized spacial score (nSPS) is 12.3. The average Bonchev–Trinajstić information content (AvgIpc) is 2.91. The van der Waals surface area contributed by atoms with E-state index in [-0.39, 0.29) is 11.9 Å². The molecule has 1 unspecified atom stereocenters. The minimum absolute atomic E-state index is 0.129. The van der Waals surface area contributed by atoms with Crippen LogP contribution in [-0.4, -0.2) is 10.9 Å². The van der Waals surface area contributed by atoms with E-state index in [0.717, 1.165) is 5.76 Å². The Morgan fingerprint density at radius 2 is 2.33 bits per heavy atom. The largest absolute Gasteiger partial charge is 0.467 e. The molecule has 2 heterocycles. The molecule has 0 radical (unpaired) electrons. The van der Waals surface area contributed by atoms with Gasteiger partial charge in [-0.2, -0.15) is 0 Å². The van der Waals surface area contributed by atoms with Crippen molar-refractivity contribution in [2.24, 2.45) is 0 Å². The molecule has 2 aromatic rings. The number of hydrogen-bond acceptors (Lipinski definition) is 2. The molecule has 0 bridgehead atoms. The van der Waals surface area contributed by atoms with Crippen LogP contribution < -0.4 is 5.32 Å². The minimum atomic E-state index is -0.135. The summed E-state index contributed by atoms with van der Waals surface area (Å²) in [5.74, 6) is 0.610. The van der Waals surface area contributed by atoms with Crippen molar-refractivity contribution in [3.05, 3.63) is 48.2 Å². The van der Waals surface area contributed by atoms with Gasteiger partial charge in [-0.05, 0) is 31.2 Å². The Bertz CT molecular complexity index is 417. The first-order valence-electron chi connectivity index (χ1n) is 4.75. The van der Waals surface area contributed by atoms with Crippen molar-refractivity contribution in [3.8, 4) is 0 Å². The lowest BCUT2D eigenvalue weighted by atomic mass is 10.2. The predicted octanol–water partition coefficient (Wildman–Crippen LogP) is 2.10. The average molecular weight is 204 g/mol. The summed E-state index contributed by atoms with van der Waals surface area (Å²) in [7, 11) is 0. The number of nitrogens with one attached hydrogen (secondary N) is 2. The lowest BCUT2D eigenvalue weighted by Gasteiger charge is -2.10. The van der Waals surface area contributed by atoms with Gasteiger partial charge in [0.15, 0.2) is 0 Å². The van der Waals surface area contributed by atoms with E-state index in [2.05, 4.69) is 10.3 Å². The Hall–Kier alpha value is -1.97. The minimum Gasteiger partial charge on any atom is -0.467 e. The Balaban J connectivity index is 2.01. The first kappa shape index (κ1) is 9.58. The van der Waals surface area contributed by atoms with Gasteiger partial charge in [0.1, 0.15) is 11.5 Å². The van der Waals surface area contributed by atoms with Gasteiger partial charge in [-0.15, -0.1) is 0 Å². The number of H-pyrrole nitrogens is 1. The smallest absolute Gasteiger partial charge is 0.268 e. The van der Waals surface area contributed by atoms with Gasteiger partial charge in [-0.3, -0.25) is 4.79 Å². The zero-order valence-corrected chi connectivity index (χ0v) is 8.36. The van der Waals surface area contributed by atoms with Crippen LogP contribution in [0.5, 0.6) is 0 Å². The SMILES string of the molecule is CC(NC(=O)c1ccc[nH]1)c1ccco1. The van der Waals surface area contributed by atoms with Crippen LogP contribution in [0.1, 0.15) is 29.2 Å². The van der Waals surface area contributed by atoms with Crippen molar-refractivity contribution in [1.29, 1.82) is 0 Å². The fourth-order valence-corrected chi connectivity index (χ4v) is 1.35. The van der Waals surface area contributed by atoms with E-state index >= 15 is 0 Å². The molecule has 0 saturated carbocycles. The molecular formula is C11H12N2O2. The monoisotopic (exact) mass is 204 g/mol. The number of furan rings is 1. The Morgan fingerprint density at radius 1 is 1.47 bits per heavy atom. The van der Waals surface area contributed by atoms with Crippen LogP contribution in [-0.2, 0) is 0 Å². The number of rotatable bonds is 3. The highest BCUT2D eigenvalue weighted by Crippen LogP contribution is 2.12. The summed E-state index contributed by atoms with van der Waals surface area (Å²) in [6, 6.07) is 7.01. The zero-order chi connectivity index (χ0) is 10.7. The number of carbonyl (C=O) groups excluding carboxylic acids is 1. The maximum absolute atomic E-state index is 11.6. The molecule has 2 N–H and O–H groups in total. The Labute approximate surface area is 87.3 Å². The van der Waals surface area contributed by atoms with E-state index in [1.807, 2.05) is 13.0 Å². The van der Waals surface area contributed by atoms with Crippen molar-refractivity contribution in [2.45, 2.75) is 13.0 Å². The molecule has 78 valence electrons. The maximum Gasteiger partial charge on any atom is 0.268 e. The van der Waals surface area contributed by atoms with Gasteiger partial charge < -0.3 is 14.7 Å². The summed E-state index contributed by atoms with van der Waals surface area (Å²) in [6.07, 6.45) is 3.30. The third-order valence-electron chi connectivity index (χ3n) is 2.16. The second-order valence-corrected chi connectivity index (χ2v) is 3.29. The van der Waals surface area contributed by atoms with Gasteiger partial charge >= 0.3 is 0 Å². The lowest BCUT2D eigenvalue weighted by Crippen LogP contribution is -2.26. The van der Waals surface area contributed by atoms with Crippen LogP contribution in [0.4, 0.5) is 0 Å². The summed E-state index contributed by atoms with van der Waals surface area (Å²) < 4.78 is 5.19. The van der Waals surface area contributed by atoms with Crippen molar-refractivity contribution in [3.63, 3.8) is 0 Å². The van der Waals surface area contributed by atoms with E-state index in [9.17, 15) is 4.79 Å². The molecule has 0 spiro atoms. The van der Waals surface area contributed by atoms with Crippen molar-refractivity contribution in [1.82, 2.24) is 10.3 Å². The van der Waals surface area contributed by atoms with E-state index in [1.54, 1.807) is 30.7 Å². The van der Waals surface area contributed by atoms with Crippen LogP contribution in [0, 0.1) is 0 Å². The second-order valence-electron chi connectivity index (χ2n) is 3.29. The van der Waals surface area contributed by atoms with E-state index < -0.39 is 0 Å². The molecule has 4 nitrogen and oxygen atoms in total. The molecule has 2 rings (SSSR count). The van der Waals surface area contributed by atoms with Gasteiger partial charge in [0.2, 0.25) is 0 Å². The molecule has 0 aliphatic heterocycles. The van der Waals surface area contributed by atoms with E-state index in [1.165, 1.54) is 0 Å². The van der Waals surface area contributed by atoms with Crippen molar-refractivity contribution >= 4 is 5.91 Å². The first-order chi connectivity index (χ1) is 7.27. The third-order valence-corrected chi connectivity index (χ3v) is 2.16. The van der Waals surface area contributed by atoms with E-state index in [4.69, 9.17) is 4.42 Å². The molecule has 0 aromatic carbocycles. The number of aromatic amines is 1. The van der Waals surface area contributed by atoms with Gasteiger partial charge in [-0.25, -0.2) is 0 Å². The molecule has 0 saturated heterocycles. The van der Waals surface area contributed by atoms with Crippen LogP contribution in [0.15, 0.2) is 41.1 Å². The van der Waals surface area contributed by atoms with E-state index in [0.29, 0.717) is 5.69 Å². The molecule has 1 amide bonds. The molecule has 2 aromatic heterocycles. The van der Waals surface area contributed by atoms with Crippen molar-refractivity contribution < 1.29 is 9.21 Å². The fourth-order valence-electron chi connectivity index (χ4n) is 1.35. The first-order valence-corrected chi connectivity index (χ1v) is 4.75. The highest BCUT2D eigenvalue weighted by atomic mass is 16.3. The summed E-state index contributed by atoms with van der Waals surface area (Å²) in [5.41, 5.74) is 0.549. The zero-order valence-electron chi connectivity index (χ0n) is 8.36. The van der Waals surface area contributed by atoms with Crippen LogP contribution in [0.2, 0.25) is 0 Å². The molecular weight excluding hydrogens is 192 g/mol. The Morgan fingerprint density at radius 3 is 2.93 bits per heavy atom. The summed E-state index contributed by atoms with van der Waals surface area (Å²) in [6.45, 7) is 1.87. The van der Waals surface area contributed by atoms with Crippen molar-refractivity contribution in [2.75, 3.05) is 0 Å². The summed E-state index contributed by atoms with van der Waals surface area (Å²) >= 11 is 0. The molecule has 4 heteroatoms. The second kappa shape index (κ2) is 4.04. The fraction of sp³-hybridized carbons (Fsp3) is 0.182. The van der Waals surface area contributed by atoms with Gasteiger partial charge in [0, 0.05) is 6.20 Å². The molecule has 0 fully saturated rings.